The number of hydrogen-bond acceptors (Lipinski definition) is 5. The molecule has 0 atom stereocenters. The predicted molar refractivity (Wildman–Crippen MR) is 118 cm³/mol. The molecule has 0 saturated carbocycles. The molecule has 32 heavy (non-hydrogen) atoms. The number of rotatable bonds is 8. The standard InChI is InChI=1S/C23H27F3N4O.H3N/c1-2-3-12-31-22-27-14-19-13-20(23(24,25)26)30(21(19)28-22)16-18-8-6-17(7-9-18)15-29-10-4-5-11-29;/h6-9,13-14H,2-5,10-12,15-16H2,1H3;1H3. The number of alkyl halides is 3. The van der Waals surface area contributed by atoms with Crippen LogP contribution in [0.5, 0.6) is 6.01 Å². The molecule has 0 amide bonds. The second-order valence-electron chi connectivity index (χ2n) is 8.05. The Hall–Kier alpha value is -2.65. The Morgan fingerprint density at radius 3 is 2.31 bits per heavy atom. The summed E-state index contributed by atoms with van der Waals surface area (Å²) >= 11 is 0. The van der Waals surface area contributed by atoms with Gasteiger partial charge in [-0.1, -0.05) is 37.6 Å². The molecule has 1 saturated heterocycles. The van der Waals surface area contributed by atoms with Gasteiger partial charge in [-0.25, -0.2) is 4.98 Å². The van der Waals surface area contributed by atoms with E-state index in [9.17, 15) is 13.2 Å². The number of likely N-dealkylation sites (tertiary alicyclic amines) is 1. The fourth-order valence-electron chi connectivity index (χ4n) is 3.93. The van der Waals surface area contributed by atoms with E-state index in [0.717, 1.165) is 44.1 Å². The summed E-state index contributed by atoms with van der Waals surface area (Å²) in [6, 6.07) is 9.01. The normalized spacial score (nSPS) is 14.6. The van der Waals surface area contributed by atoms with Crippen molar-refractivity contribution in [1.29, 1.82) is 0 Å². The van der Waals surface area contributed by atoms with Crippen molar-refractivity contribution in [2.75, 3.05) is 19.7 Å². The van der Waals surface area contributed by atoms with Crippen LogP contribution in [0.4, 0.5) is 13.2 Å². The Balaban J connectivity index is 0.00000289. The lowest BCUT2D eigenvalue weighted by molar-refractivity contribution is -0.143. The smallest absolute Gasteiger partial charge is 0.431 e. The van der Waals surface area contributed by atoms with Gasteiger partial charge in [-0.3, -0.25) is 4.90 Å². The summed E-state index contributed by atoms with van der Waals surface area (Å²) in [5.74, 6) is 0. The van der Waals surface area contributed by atoms with Gasteiger partial charge < -0.3 is 15.5 Å². The first-order valence-corrected chi connectivity index (χ1v) is 10.8. The number of nitrogens with zero attached hydrogens (tertiary/aromatic N) is 4. The molecular weight excluding hydrogens is 419 g/mol. The second-order valence-corrected chi connectivity index (χ2v) is 8.05. The fraction of sp³-hybridized carbons (Fsp3) is 0.478. The summed E-state index contributed by atoms with van der Waals surface area (Å²) in [4.78, 5) is 10.7. The van der Waals surface area contributed by atoms with Crippen molar-refractivity contribution in [3.05, 3.63) is 53.3 Å². The third-order valence-corrected chi connectivity index (χ3v) is 5.60. The summed E-state index contributed by atoms with van der Waals surface area (Å²) in [6.45, 7) is 5.64. The van der Waals surface area contributed by atoms with Crippen LogP contribution in [0.25, 0.3) is 11.0 Å². The summed E-state index contributed by atoms with van der Waals surface area (Å²) in [5, 5.41) is 0.348. The van der Waals surface area contributed by atoms with E-state index in [1.807, 2.05) is 31.2 Å². The zero-order valence-corrected chi connectivity index (χ0v) is 18.4. The monoisotopic (exact) mass is 449 g/mol. The number of halogens is 3. The first-order valence-electron chi connectivity index (χ1n) is 10.8. The van der Waals surface area contributed by atoms with Crippen molar-refractivity contribution in [3.8, 4) is 6.01 Å². The largest absolute Gasteiger partial charge is 0.463 e. The van der Waals surface area contributed by atoms with Crippen molar-refractivity contribution in [2.24, 2.45) is 0 Å². The Bertz CT molecular complexity index is 1010. The molecule has 9 heteroatoms. The van der Waals surface area contributed by atoms with Gasteiger partial charge >= 0.3 is 12.2 Å². The van der Waals surface area contributed by atoms with Crippen LogP contribution in [0.2, 0.25) is 0 Å². The van der Waals surface area contributed by atoms with E-state index in [1.54, 1.807) is 0 Å². The minimum atomic E-state index is -4.49. The fourth-order valence-corrected chi connectivity index (χ4v) is 3.93. The van der Waals surface area contributed by atoms with E-state index in [1.165, 1.54) is 29.2 Å². The van der Waals surface area contributed by atoms with E-state index in [-0.39, 0.29) is 24.4 Å². The Kier molecular flexibility index (Phi) is 7.73. The second kappa shape index (κ2) is 10.3. The molecule has 4 rings (SSSR count). The van der Waals surface area contributed by atoms with E-state index in [0.29, 0.717) is 12.0 Å². The van der Waals surface area contributed by atoms with Crippen LogP contribution in [0, 0.1) is 0 Å². The van der Waals surface area contributed by atoms with Gasteiger partial charge in [-0.05, 0) is 49.5 Å². The quantitative estimate of drug-likeness (QED) is 0.464. The molecule has 6 nitrogen and oxygen atoms in total. The highest BCUT2D eigenvalue weighted by molar-refractivity contribution is 5.77. The summed E-state index contributed by atoms with van der Waals surface area (Å²) in [6.07, 6.45) is 1.15. The Morgan fingerprint density at radius 2 is 1.69 bits per heavy atom. The van der Waals surface area contributed by atoms with Crippen LogP contribution in [0.15, 0.2) is 36.5 Å². The van der Waals surface area contributed by atoms with Crippen LogP contribution < -0.4 is 10.9 Å². The van der Waals surface area contributed by atoms with E-state index in [4.69, 9.17) is 4.74 Å². The molecule has 0 spiro atoms. The van der Waals surface area contributed by atoms with Crippen LogP contribution in [0.3, 0.4) is 0 Å². The van der Waals surface area contributed by atoms with E-state index < -0.39 is 11.9 Å². The third-order valence-electron chi connectivity index (χ3n) is 5.60. The lowest BCUT2D eigenvalue weighted by atomic mass is 10.1. The highest BCUT2D eigenvalue weighted by Gasteiger charge is 2.36. The van der Waals surface area contributed by atoms with Gasteiger partial charge in [0.15, 0.2) is 0 Å². The zero-order chi connectivity index (χ0) is 21.8. The van der Waals surface area contributed by atoms with Gasteiger partial charge in [-0.15, -0.1) is 0 Å². The van der Waals surface area contributed by atoms with Gasteiger partial charge in [0, 0.05) is 24.7 Å². The van der Waals surface area contributed by atoms with Gasteiger partial charge in [0.1, 0.15) is 11.3 Å². The predicted octanol–water partition coefficient (Wildman–Crippen LogP) is 5.44. The maximum Gasteiger partial charge on any atom is 0.431 e. The average Bonchev–Trinajstić information content (AvgIpc) is 3.37. The van der Waals surface area contributed by atoms with Gasteiger partial charge in [0.25, 0.3) is 0 Å². The highest BCUT2D eigenvalue weighted by Crippen LogP contribution is 2.34. The molecule has 1 aliphatic heterocycles. The molecule has 0 radical (unpaired) electrons. The van der Waals surface area contributed by atoms with Crippen LogP contribution >= 0.6 is 0 Å². The molecule has 1 fully saturated rings. The van der Waals surface area contributed by atoms with Crippen molar-refractivity contribution < 1.29 is 17.9 Å². The maximum absolute atomic E-state index is 13.7. The summed E-state index contributed by atoms with van der Waals surface area (Å²) in [5.41, 5.74) is 1.46. The number of hydrogen-bond donors (Lipinski definition) is 1. The third kappa shape index (κ3) is 5.58. The molecule has 1 aliphatic rings. The maximum atomic E-state index is 13.7. The SMILES string of the molecule is CCCCOc1ncc2cc(C(F)(F)F)n(Cc3ccc(CN4CCCC4)cc3)c2n1.N. The first-order chi connectivity index (χ1) is 14.9. The van der Waals surface area contributed by atoms with Crippen molar-refractivity contribution in [3.63, 3.8) is 0 Å². The molecule has 0 aliphatic carbocycles. The van der Waals surface area contributed by atoms with Gasteiger partial charge in [0.05, 0.1) is 6.61 Å². The van der Waals surface area contributed by atoms with Crippen molar-refractivity contribution >= 4 is 11.0 Å². The molecule has 174 valence electrons. The molecule has 0 bridgehead atoms. The van der Waals surface area contributed by atoms with Crippen LogP contribution in [-0.4, -0.2) is 39.1 Å². The van der Waals surface area contributed by atoms with Crippen LogP contribution in [-0.2, 0) is 19.3 Å². The number of benzene rings is 1. The Morgan fingerprint density at radius 1 is 1.03 bits per heavy atom. The summed E-state index contributed by atoms with van der Waals surface area (Å²) < 4.78 is 47.9. The lowest BCUT2D eigenvalue weighted by Gasteiger charge is -2.16. The van der Waals surface area contributed by atoms with E-state index >= 15 is 0 Å². The topological polar surface area (TPSA) is 78.2 Å². The highest BCUT2D eigenvalue weighted by atomic mass is 19.4. The molecule has 3 heterocycles. The molecule has 0 unspecified atom stereocenters. The number of unbranched alkanes of at least 4 members (excludes halogenated alkanes) is 1. The number of fused-ring (bicyclic) bond motifs is 1. The van der Waals surface area contributed by atoms with Crippen LogP contribution in [0.1, 0.15) is 49.4 Å². The molecule has 3 aromatic rings. The van der Waals surface area contributed by atoms with Crippen molar-refractivity contribution in [2.45, 2.75) is 51.9 Å². The number of aromatic nitrogens is 3. The zero-order valence-electron chi connectivity index (χ0n) is 18.4. The van der Waals surface area contributed by atoms with E-state index in [2.05, 4.69) is 14.9 Å². The first kappa shape index (κ1) is 24.0. The average molecular weight is 450 g/mol. The van der Waals surface area contributed by atoms with Gasteiger partial charge in [0.2, 0.25) is 0 Å². The molecule has 3 N–H and O–H groups in total. The minimum Gasteiger partial charge on any atom is -0.463 e. The minimum absolute atomic E-state index is 0. The summed E-state index contributed by atoms with van der Waals surface area (Å²) in [7, 11) is 0. The Labute approximate surface area is 186 Å². The van der Waals surface area contributed by atoms with Crippen molar-refractivity contribution in [1.82, 2.24) is 25.6 Å². The molecular formula is C23H30F3N5O. The lowest BCUT2D eigenvalue weighted by Crippen LogP contribution is -2.18. The molecule has 2 aromatic heterocycles. The number of ether oxygens (including phenoxy) is 1. The molecule has 1 aromatic carbocycles. The van der Waals surface area contributed by atoms with Gasteiger partial charge in [-0.2, -0.15) is 18.2 Å².